The van der Waals surface area contributed by atoms with E-state index in [1.165, 1.54) is 0 Å². The molecule has 2 rings (SSSR count). The van der Waals surface area contributed by atoms with Gasteiger partial charge in [-0.1, -0.05) is 23.4 Å². The smallest absolute Gasteiger partial charge is 0.153 e. The van der Waals surface area contributed by atoms with Crippen molar-refractivity contribution in [1.82, 2.24) is 14.7 Å². The molecule has 6 nitrogen and oxygen atoms in total. The van der Waals surface area contributed by atoms with Crippen molar-refractivity contribution < 1.29 is 5.21 Å². The Morgan fingerprint density at radius 3 is 2.80 bits per heavy atom. The van der Waals surface area contributed by atoms with E-state index < -0.39 is 0 Å². The molecule has 0 fully saturated rings. The molecule has 1 aromatic carbocycles. The van der Waals surface area contributed by atoms with Crippen LogP contribution in [0.4, 0.5) is 0 Å². The van der Waals surface area contributed by atoms with Crippen LogP contribution in [0.5, 0.6) is 0 Å². The summed E-state index contributed by atoms with van der Waals surface area (Å²) in [6.07, 6.45) is 0. The fourth-order valence-corrected chi connectivity index (χ4v) is 2.26. The second kappa shape index (κ2) is 5.92. The Labute approximate surface area is 118 Å². The highest BCUT2D eigenvalue weighted by Gasteiger charge is 2.16. The third-order valence-corrected chi connectivity index (χ3v) is 3.41. The summed E-state index contributed by atoms with van der Waals surface area (Å²) < 4.78 is 1.88. The molecule has 0 amide bonds. The van der Waals surface area contributed by atoms with Crippen LogP contribution < -0.4 is 5.73 Å². The number of nitrogens with two attached hydrogens (primary N) is 1. The quantitative estimate of drug-likeness (QED) is 0.375. The maximum Gasteiger partial charge on any atom is 0.153 e. The number of benzene rings is 1. The number of para-hydroxylation sites is 1. The second-order valence-electron chi connectivity index (χ2n) is 5.18. The first-order chi connectivity index (χ1) is 9.52. The number of hydrogen-bond donors (Lipinski definition) is 2. The van der Waals surface area contributed by atoms with Gasteiger partial charge >= 0.3 is 0 Å². The molecule has 0 aliphatic carbocycles. The zero-order valence-corrected chi connectivity index (χ0v) is 12.1. The second-order valence-corrected chi connectivity index (χ2v) is 5.18. The monoisotopic (exact) mass is 275 g/mol. The standard InChI is InChI=1S/C14H21N5O/c1-10(2)19(9-14(15)17-20)8-12-11-6-4-5-7-13(11)18(3)16-12/h4-7,10,20H,8-9H2,1-3H3,(H2,15,17). The Morgan fingerprint density at radius 1 is 1.45 bits per heavy atom. The first-order valence-electron chi connectivity index (χ1n) is 6.64. The molecule has 20 heavy (non-hydrogen) atoms. The highest BCUT2D eigenvalue weighted by molar-refractivity contribution is 5.83. The number of amidine groups is 1. The molecule has 108 valence electrons. The fraction of sp³-hybridized carbons (Fsp3) is 0.429. The Balaban J connectivity index is 2.29. The Bertz CT molecular complexity index is 617. The van der Waals surface area contributed by atoms with Crippen molar-refractivity contribution in [2.45, 2.75) is 26.4 Å². The lowest BCUT2D eigenvalue weighted by atomic mass is 10.2. The number of hydrogen-bond acceptors (Lipinski definition) is 4. The number of oxime groups is 1. The maximum absolute atomic E-state index is 8.72. The summed E-state index contributed by atoms with van der Waals surface area (Å²) in [6.45, 7) is 5.24. The lowest BCUT2D eigenvalue weighted by Gasteiger charge is -2.24. The van der Waals surface area contributed by atoms with Gasteiger partial charge in [-0.3, -0.25) is 9.58 Å². The minimum atomic E-state index is 0.207. The van der Waals surface area contributed by atoms with Crippen molar-refractivity contribution in [3.05, 3.63) is 30.0 Å². The van der Waals surface area contributed by atoms with E-state index in [-0.39, 0.29) is 11.9 Å². The van der Waals surface area contributed by atoms with Gasteiger partial charge < -0.3 is 10.9 Å². The van der Waals surface area contributed by atoms with Crippen molar-refractivity contribution in [3.8, 4) is 0 Å². The van der Waals surface area contributed by atoms with E-state index in [2.05, 4.69) is 41.1 Å². The number of aromatic nitrogens is 2. The van der Waals surface area contributed by atoms with Crippen LogP contribution in [-0.2, 0) is 13.6 Å². The molecule has 1 heterocycles. The van der Waals surface area contributed by atoms with Gasteiger partial charge in [0.15, 0.2) is 5.84 Å². The van der Waals surface area contributed by atoms with Gasteiger partial charge in [0.25, 0.3) is 0 Å². The molecule has 0 saturated heterocycles. The molecule has 0 aliphatic heterocycles. The molecular formula is C14H21N5O. The normalized spacial score (nSPS) is 12.8. The number of nitrogens with zero attached hydrogens (tertiary/aromatic N) is 4. The van der Waals surface area contributed by atoms with Gasteiger partial charge in [0.2, 0.25) is 0 Å². The van der Waals surface area contributed by atoms with Gasteiger partial charge in [-0.25, -0.2) is 0 Å². The van der Waals surface area contributed by atoms with Crippen LogP contribution in [0.1, 0.15) is 19.5 Å². The van der Waals surface area contributed by atoms with Crippen molar-refractivity contribution in [3.63, 3.8) is 0 Å². The molecule has 0 saturated carbocycles. The third kappa shape index (κ3) is 2.91. The molecule has 1 aromatic heterocycles. The van der Waals surface area contributed by atoms with E-state index in [0.29, 0.717) is 13.1 Å². The Morgan fingerprint density at radius 2 is 2.15 bits per heavy atom. The van der Waals surface area contributed by atoms with Crippen molar-refractivity contribution in [1.29, 1.82) is 0 Å². The summed E-state index contributed by atoms with van der Waals surface area (Å²) in [5, 5.41) is 17.5. The molecule has 0 bridgehead atoms. The molecule has 3 N–H and O–H groups in total. The summed E-state index contributed by atoms with van der Waals surface area (Å²) >= 11 is 0. The first kappa shape index (κ1) is 14.3. The lowest BCUT2D eigenvalue weighted by Crippen LogP contribution is -2.38. The molecule has 0 unspecified atom stereocenters. The van der Waals surface area contributed by atoms with Gasteiger partial charge in [0.1, 0.15) is 0 Å². The summed E-state index contributed by atoms with van der Waals surface area (Å²) in [5.74, 6) is 0.207. The first-order valence-corrected chi connectivity index (χ1v) is 6.64. The molecular weight excluding hydrogens is 254 g/mol. The van der Waals surface area contributed by atoms with E-state index in [1.807, 2.05) is 23.9 Å². The summed E-state index contributed by atoms with van der Waals surface area (Å²) in [6, 6.07) is 8.41. The molecule has 0 spiro atoms. The largest absolute Gasteiger partial charge is 0.409 e. The lowest BCUT2D eigenvalue weighted by molar-refractivity contribution is 0.236. The van der Waals surface area contributed by atoms with Crippen LogP contribution in [0.3, 0.4) is 0 Å². The van der Waals surface area contributed by atoms with Crippen molar-refractivity contribution in [2.75, 3.05) is 6.54 Å². The SMILES string of the molecule is CC(C)N(CC(N)=NO)Cc1nn(C)c2ccccc12. The third-order valence-electron chi connectivity index (χ3n) is 3.41. The minimum Gasteiger partial charge on any atom is -0.409 e. The highest BCUT2D eigenvalue weighted by Crippen LogP contribution is 2.19. The number of fused-ring (bicyclic) bond motifs is 1. The van der Waals surface area contributed by atoms with Gasteiger partial charge in [-0.2, -0.15) is 5.10 Å². The van der Waals surface area contributed by atoms with Gasteiger partial charge in [0, 0.05) is 25.0 Å². The van der Waals surface area contributed by atoms with Crippen LogP contribution in [0.2, 0.25) is 0 Å². The van der Waals surface area contributed by atoms with Crippen LogP contribution in [0, 0.1) is 0 Å². The predicted octanol–water partition coefficient (Wildman–Crippen LogP) is 1.53. The summed E-state index contributed by atoms with van der Waals surface area (Å²) in [4.78, 5) is 2.11. The fourth-order valence-electron chi connectivity index (χ4n) is 2.26. The van der Waals surface area contributed by atoms with E-state index in [1.54, 1.807) is 0 Å². The Kier molecular flexibility index (Phi) is 4.24. The topological polar surface area (TPSA) is 79.7 Å². The van der Waals surface area contributed by atoms with E-state index in [0.717, 1.165) is 16.6 Å². The molecule has 6 heteroatoms. The Hall–Kier alpha value is -2.08. The number of rotatable bonds is 5. The maximum atomic E-state index is 8.72. The zero-order valence-electron chi connectivity index (χ0n) is 12.1. The molecule has 2 aromatic rings. The van der Waals surface area contributed by atoms with Crippen LogP contribution >= 0.6 is 0 Å². The summed E-state index contributed by atoms with van der Waals surface area (Å²) in [5.41, 5.74) is 7.72. The summed E-state index contributed by atoms with van der Waals surface area (Å²) in [7, 11) is 1.94. The average molecular weight is 275 g/mol. The molecule has 0 aliphatic rings. The van der Waals surface area contributed by atoms with E-state index >= 15 is 0 Å². The highest BCUT2D eigenvalue weighted by atomic mass is 16.4. The van der Waals surface area contributed by atoms with Crippen molar-refractivity contribution >= 4 is 16.7 Å². The van der Waals surface area contributed by atoms with Crippen molar-refractivity contribution in [2.24, 2.45) is 17.9 Å². The van der Waals surface area contributed by atoms with Gasteiger partial charge in [-0.05, 0) is 19.9 Å². The average Bonchev–Trinajstić information content (AvgIpc) is 2.75. The van der Waals surface area contributed by atoms with Gasteiger partial charge in [0.05, 0.1) is 17.8 Å². The van der Waals surface area contributed by atoms with Crippen LogP contribution in [0.15, 0.2) is 29.4 Å². The molecule has 0 atom stereocenters. The van der Waals surface area contributed by atoms with Gasteiger partial charge in [-0.15, -0.1) is 0 Å². The van der Waals surface area contributed by atoms with Crippen LogP contribution in [-0.4, -0.2) is 38.3 Å². The predicted molar refractivity (Wildman–Crippen MR) is 79.7 cm³/mol. The van der Waals surface area contributed by atoms with E-state index in [4.69, 9.17) is 10.9 Å². The minimum absolute atomic E-state index is 0.207. The number of aryl methyl sites for hydroxylation is 1. The van der Waals surface area contributed by atoms with Crippen LogP contribution in [0.25, 0.3) is 10.9 Å². The van der Waals surface area contributed by atoms with E-state index in [9.17, 15) is 0 Å². The molecule has 0 radical (unpaired) electrons. The zero-order chi connectivity index (χ0) is 14.7.